The number of methoxy groups -OCH3 is 1. The van der Waals surface area contributed by atoms with Crippen LogP contribution < -0.4 is 0 Å². The third-order valence-corrected chi connectivity index (χ3v) is 1.37. The summed E-state index contributed by atoms with van der Waals surface area (Å²) in [4.78, 5) is 0. The van der Waals surface area contributed by atoms with Crippen LogP contribution in [0.5, 0.6) is 0 Å². The fourth-order valence-corrected chi connectivity index (χ4v) is 0.811. The Morgan fingerprint density at radius 3 is 3.27 bits per heavy atom. The summed E-state index contributed by atoms with van der Waals surface area (Å²) in [6.07, 6.45) is 6.90. The molecule has 0 N–H and O–H groups in total. The first-order valence-electron chi connectivity index (χ1n) is 3.36. The molecule has 0 saturated heterocycles. The van der Waals surface area contributed by atoms with E-state index < -0.39 is 0 Å². The van der Waals surface area contributed by atoms with Gasteiger partial charge in [0.05, 0.1) is 19.3 Å². The molecule has 1 aromatic rings. The predicted molar refractivity (Wildman–Crippen MR) is 42.0 cm³/mol. The van der Waals surface area contributed by atoms with Crippen LogP contribution in [0, 0.1) is 12.3 Å². The van der Waals surface area contributed by atoms with Crippen molar-refractivity contribution in [1.82, 2.24) is 9.78 Å². The Morgan fingerprint density at radius 1 is 1.82 bits per heavy atom. The average Bonchev–Trinajstić information content (AvgIpc) is 2.47. The smallest absolute Gasteiger partial charge is 0.110 e. The molecule has 0 saturated carbocycles. The summed E-state index contributed by atoms with van der Waals surface area (Å²) in [6, 6.07) is 1.80. The maximum absolute atomic E-state index is 5.22. The minimum atomic E-state index is 0.635. The fraction of sp³-hybridized carbons (Fsp3) is 0.375. The molecule has 3 heteroatoms. The Hall–Kier alpha value is -1.27. The molecule has 1 rings (SSSR count). The Balaban J connectivity index is 2.63. The summed E-state index contributed by atoms with van der Waals surface area (Å²) < 4.78 is 6.62. The quantitative estimate of drug-likeness (QED) is 0.587. The van der Waals surface area contributed by atoms with Gasteiger partial charge in [-0.3, -0.25) is 4.68 Å². The minimum absolute atomic E-state index is 0.635. The van der Waals surface area contributed by atoms with Gasteiger partial charge in [0, 0.05) is 7.11 Å². The number of rotatable bonds is 3. The van der Waals surface area contributed by atoms with Crippen molar-refractivity contribution < 1.29 is 4.74 Å². The fourth-order valence-electron chi connectivity index (χ4n) is 0.811. The second-order valence-electron chi connectivity index (χ2n) is 2.08. The first-order chi connectivity index (χ1) is 5.38. The maximum Gasteiger partial charge on any atom is 0.110 e. The summed E-state index contributed by atoms with van der Waals surface area (Å²) in [5.74, 6) is 2.53. The highest BCUT2D eigenvalue weighted by Crippen LogP contribution is 1.95. The van der Waals surface area contributed by atoms with Crippen molar-refractivity contribution in [3.05, 3.63) is 18.0 Å². The zero-order valence-electron chi connectivity index (χ0n) is 6.45. The van der Waals surface area contributed by atoms with Gasteiger partial charge in [-0.1, -0.05) is 5.92 Å². The summed E-state index contributed by atoms with van der Waals surface area (Å²) in [7, 11) is 1.65. The SMILES string of the molecule is C#Cc1ccnn1CCOC. The normalized spacial score (nSPS) is 9.45. The molecule has 0 radical (unpaired) electrons. The molecule has 0 aromatic carbocycles. The molecule has 0 atom stereocenters. The van der Waals surface area contributed by atoms with Gasteiger partial charge in [0.2, 0.25) is 0 Å². The highest BCUT2D eigenvalue weighted by molar-refractivity contribution is 5.22. The predicted octanol–water partition coefficient (Wildman–Crippen LogP) is 0.511. The third-order valence-electron chi connectivity index (χ3n) is 1.37. The lowest BCUT2D eigenvalue weighted by molar-refractivity contribution is 0.183. The molecule has 1 aromatic heterocycles. The number of aromatic nitrogens is 2. The van der Waals surface area contributed by atoms with Crippen LogP contribution in [0.1, 0.15) is 5.69 Å². The van der Waals surface area contributed by atoms with Crippen LogP contribution in [-0.4, -0.2) is 23.5 Å². The molecule has 3 nitrogen and oxygen atoms in total. The zero-order valence-corrected chi connectivity index (χ0v) is 6.45. The van der Waals surface area contributed by atoms with Gasteiger partial charge >= 0.3 is 0 Å². The van der Waals surface area contributed by atoms with Crippen molar-refractivity contribution in [2.45, 2.75) is 6.54 Å². The van der Waals surface area contributed by atoms with Crippen LogP contribution in [0.3, 0.4) is 0 Å². The van der Waals surface area contributed by atoms with Crippen molar-refractivity contribution in [1.29, 1.82) is 0 Å². The van der Waals surface area contributed by atoms with E-state index in [1.54, 1.807) is 24.1 Å². The largest absolute Gasteiger partial charge is 0.383 e. The summed E-state index contributed by atoms with van der Waals surface area (Å²) >= 11 is 0. The number of hydrogen-bond acceptors (Lipinski definition) is 2. The molecule has 0 amide bonds. The van der Waals surface area contributed by atoms with Gasteiger partial charge in [-0.05, 0) is 6.07 Å². The topological polar surface area (TPSA) is 27.1 Å². The van der Waals surface area contributed by atoms with Crippen molar-refractivity contribution in [3.63, 3.8) is 0 Å². The van der Waals surface area contributed by atoms with Gasteiger partial charge in [-0.2, -0.15) is 5.10 Å². The molecule has 0 bridgehead atoms. The van der Waals surface area contributed by atoms with E-state index in [0.29, 0.717) is 13.2 Å². The molecular formula is C8H10N2O. The number of ether oxygens (including phenoxy) is 1. The summed E-state index contributed by atoms with van der Waals surface area (Å²) in [5.41, 5.74) is 0.794. The molecule has 11 heavy (non-hydrogen) atoms. The molecular weight excluding hydrogens is 140 g/mol. The number of nitrogens with zero attached hydrogens (tertiary/aromatic N) is 2. The lowest BCUT2D eigenvalue weighted by atomic mass is 10.4. The Labute approximate surface area is 66.0 Å². The van der Waals surface area contributed by atoms with Gasteiger partial charge in [0.25, 0.3) is 0 Å². The standard InChI is InChI=1S/C8H10N2O/c1-3-8-4-5-9-10(8)6-7-11-2/h1,4-5H,6-7H2,2H3. The van der Waals surface area contributed by atoms with E-state index in [1.807, 2.05) is 0 Å². The minimum Gasteiger partial charge on any atom is -0.383 e. The molecule has 0 unspecified atom stereocenters. The first-order valence-corrected chi connectivity index (χ1v) is 3.36. The van der Waals surface area contributed by atoms with E-state index in [4.69, 9.17) is 11.2 Å². The van der Waals surface area contributed by atoms with Gasteiger partial charge < -0.3 is 4.74 Å². The maximum atomic E-state index is 5.22. The van der Waals surface area contributed by atoms with Crippen molar-refractivity contribution >= 4 is 0 Å². The average molecular weight is 150 g/mol. The highest BCUT2D eigenvalue weighted by Gasteiger charge is 1.96. The summed E-state index contributed by atoms with van der Waals surface area (Å²) in [6.45, 7) is 1.35. The monoisotopic (exact) mass is 150 g/mol. The molecule has 0 aliphatic heterocycles. The second-order valence-corrected chi connectivity index (χ2v) is 2.08. The van der Waals surface area contributed by atoms with Crippen LogP contribution in [-0.2, 0) is 11.3 Å². The number of terminal acetylenes is 1. The third kappa shape index (κ3) is 1.82. The van der Waals surface area contributed by atoms with E-state index >= 15 is 0 Å². The van der Waals surface area contributed by atoms with Gasteiger partial charge in [0.1, 0.15) is 5.69 Å². The lowest BCUT2D eigenvalue weighted by Crippen LogP contribution is -2.07. The van der Waals surface area contributed by atoms with Crippen molar-refractivity contribution in [3.8, 4) is 12.3 Å². The number of hydrogen-bond donors (Lipinski definition) is 0. The second kappa shape index (κ2) is 3.79. The van der Waals surface area contributed by atoms with Crippen LogP contribution in [0.2, 0.25) is 0 Å². The van der Waals surface area contributed by atoms with Crippen LogP contribution in [0.15, 0.2) is 12.3 Å². The Kier molecular flexibility index (Phi) is 2.70. The highest BCUT2D eigenvalue weighted by atomic mass is 16.5. The van der Waals surface area contributed by atoms with E-state index in [1.165, 1.54) is 0 Å². The van der Waals surface area contributed by atoms with Crippen molar-refractivity contribution in [2.75, 3.05) is 13.7 Å². The van der Waals surface area contributed by atoms with Crippen LogP contribution in [0.25, 0.3) is 0 Å². The first kappa shape index (κ1) is 7.83. The molecule has 0 aliphatic rings. The molecule has 0 fully saturated rings. The van der Waals surface area contributed by atoms with Gasteiger partial charge in [0.15, 0.2) is 0 Å². The van der Waals surface area contributed by atoms with E-state index in [9.17, 15) is 0 Å². The summed E-state index contributed by atoms with van der Waals surface area (Å²) in [5, 5.41) is 4.02. The van der Waals surface area contributed by atoms with E-state index in [2.05, 4.69) is 11.0 Å². The molecule has 0 aliphatic carbocycles. The lowest BCUT2D eigenvalue weighted by Gasteiger charge is -2.00. The Morgan fingerprint density at radius 2 is 2.64 bits per heavy atom. The van der Waals surface area contributed by atoms with E-state index in [0.717, 1.165) is 5.69 Å². The van der Waals surface area contributed by atoms with Crippen LogP contribution >= 0.6 is 0 Å². The Bertz CT molecular complexity index is 259. The molecule has 0 spiro atoms. The van der Waals surface area contributed by atoms with Gasteiger partial charge in [-0.15, -0.1) is 6.42 Å². The zero-order chi connectivity index (χ0) is 8.10. The molecule has 1 heterocycles. The van der Waals surface area contributed by atoms with Crippen molar-refractivity contribution in [2.24, 2.45) is 0 Å². The van der Waals surface area contributed by atoms with Gasteiger partial charge in [-0.25, -0.2) is 0 Å². The van der Waals surface area contributed by atoms with E-state index in [-0.39, 0.29) is 0 Å². The van der Waals surface area contributed by atoms with Crippen LogP contribution in [0.4, 0.5) is 0 Å². The molecule has 58 valence electrons.